The van der Waals surface area contributed by atoms with Crippen LogP contribution in [0.25, 0.3) is 5.69 Å². The van der Waals surface area contributed by atoms with Gasteiger partial charge in [-0.2, -0.15) is 5.10 Å². The molecule has 2 amide bonds. The Balaban J connectivity index is 1.56. The highest BCUT2D eigenvalue weighted by molar-refractivity contribution is 5.98. The summed E-state index contributed by atoms with van der Waals surface area (Å²) in [4.78, 5) is 24.3. The van der Waals surface area contributed by atoms with Crippen LogP contribution in [0.2, 0.25) is 0 Å². The summed E-state index contributed by atoms with van der Waals surface area (Å²) in [6.45, 7) is 0. The lowest BCUT2D eigenvalue weighted by Crippen LogP contribution is -2.42. The van der Waals surface area contributed by atoms with Gasteiger partial charge in [0.25, 0.3) is 5.91 Å². The number of furan rings is 1. The minimum atomic E-state index is -0.516. The van der Waals surface area contributed by atoms with Crippen molar-refractivity contribution in [2.75, 3.05) is 0 Å². The van der Waals surface area contributed by atoms with E-state index in [1.165, 1.54) is 12.3 Å². The first-order valence-electron chi connectivity index (χ1n) is 8.04. The van der Waals surface area contributed by atoms with Gasteiger partial charge in [0.15, 0.2) is 11.5 Å². The lowest BCUT2D eigenvalue weighted by Gasteiger charge is -2.05. The Morgan fingerprint density at radius 2 is 1.80 bits per heavy atom. The molecule has 3 aromatic rings. The smallest absolute Gasteiger partial charge is 0.305 e. The normalized spacial score (nSPS) is 12.6. The number of hydrogen-bond acceptors (Lipinski definition) is 4. The third kappa shape index (κ3) is 2.80. The van der Waals surface area contributed by atoms with Gasteiger partial charge in [0.2, 0.25) is 0 Å². The first-order valence-corrected chi connectivity index (χ1v) is 8.04. The number of para-hydroxylation sites is 1. The van der Waals surface area contributed by atoms with Gasteiger partial charge in [-0.3, -0.25) is 20.4 Å². The van der Waals surface area contributed by atoms with E-state index < -0.39 is 11.8 Å². The van der Waals surface area contributed by atoms with Crippen molar-refractivity contribution >= 4 is 11.8 Å². The van der Waals surface area contributed by atoms with Crippen LogP contribution in [-0.4, -0.2) is 21.6 Å². The Kier molecular flexibility index (Phi) is 3.81. The van der Waals surface area contributed by atoms with E-state index in [1.54, 1.807) is 6.07 Å². The molecule has 2 N–H and O–H groups in total. The molecular formula is C18H16N4O3. The third-order valence-electron chi connectivity index (χ3n) is 4.18. The predicted octanol–water partition coefficient (Wildman–Crippen LogP) is 2.03. The first-order chi connectivity index (χ1) is 12.2. The molecule has 4 rings (SSSR count). The first kappa shape index (κ1) is 15.2. The van der Waals surface area contributed by atoms with E-state index in [0.717, 1.165) is 36.2 Å². The van der Waals surface area contributed by atoms with Crippen LogP contribution in [0.5, 0.6) is 0 Å². The van der Waals surface area contributed by atoms with Gasteiger partial charge in [0.05, 0.1) is 12.0 Å². The highest BCUT2D eigenvalue weighted by Crippen LogP contribution is 2.27. The molecule has 0 atom stereocenters. The fraction of sp³-hybridized carbons (Fsp3) is 0.167. The Bertz CT molecular complexity index is 913. The zero-order valence-electron chi connectivity index (χ0n) is 13.4. The van der Waals surface area contributed by atoms with E-state index in [4.69, 9.17) is 4.42 Å². The van der Waals surface area contributed by atoms with Crippen molar-refractivity contribution in [3.8, 4) is 5.69 Å². The molecule has 7 heteroatoms. The number of nitrogens with one attached hydrogen (secondary N) is 2. The topological polar surface area (TPSA) is 89.2 Å². The van der Waals surface area contributed by atoms with Gasteiger partial charge in [-0.25, -0.2) is 4.68 Å². The number of carbonyl (C=O) groups is 2. The van der Waals surface area contributed by atoms with Crippen molar-refractivity contribution in [1.29, 1.82) is 0 Å². The van der Waals surface area contributed by atoms with Crippen LogP contribution in [0.4, 0.5) is 0 Å². The molecule has 0 aliphatic heterocycles. The summed E-state index contributed by atoms with van der Waals surface area (Å²) in [7, 11) is 0. The molecule has 2 heterocycles. The van der Waals surface area contributed by atoms with Crippen LogP contribution in [-0.2, 0) is 12.8 Å². The lowest BCUT2D eigenvalue weighted by atomic mass is 10.2. The van der Waals surface area contributed by atoms with Gasteiger partial charge >= 0.3 is 5.91 Å². The Hall–Kier alpha value is -3.35. The number of amides is 2. The van der Waals surface area contributed by atoms with Crippen molar-refractivity contribution in [2.24, 2.45) is 0 Å². The summed E-state index contributed by atoms with van der Waals surface area (Å²) in [6, 6.07) is 12.8. The molecule has 0 saturated heterocycles. The number of hydrazine groups is 1. The second kappa shape index (κ2) is 6.27. The van der Waals surface area contributed by atoms with Crippen molar-refractivity contribution in [3.63, 3.8) is 0 Å². The molecule has 0 saturated carbocycles. The van der Waals surface area contributed by atoms with Gasteiger partial charge in [-0.1, -0.05) is 18.2 Å². The SMILES string of the molecule is O=C(NNC(=O)c1nn(-c2ccccc2)c2c1CCC2)c1ccco1. The molecule has 0 fully saturated rings. The van der Waals surface area contributed by atoms with Crippen molar-refractivity contribution < 1.29 is 14.0 Å². The number of hydrogen-bond donors (Lipinski definition) is 2. The Labute approximate surface area is 143 Å². The largest absolute Gasteiger partial charge is 0.459 e. The van der Waals surface area contributed by atoms with Crippen molar-refractivity contribution in [3.05, 3.63) is 71.4 Å². The van der Waals surface area contributed by atoms with Gasteiger partial charge in [0, 0.05) is 11.3 Å². The van der Waals surface area contributed by atoms with Crippen LogP contribution >= 0.6 is 0 Å². The minimum Gasteiger partial charge on any atom is -0.459 e. The molecule has 0 spiro atoms. The molecule has 0 radical (unpaired) electrons. The Morgan fingerprint density at radius 1 is 1.00 bits per heavy atom. The standard InChI is InChI=1S/C18H16N4O3/c23-17(15-10-5-11-25-15)19-20-18(24)16-13-8-4-9-14(13)22(21-16)12-6-2-1-3-7-12/h1-3,5-7,10-11H,4,8-9H2,(H,19,23)(H,20,24). The minimum absolute atomic E-state index is 0.125. The van der Waals surface area contributed by atoms with E-state index in [-0.39, 0.29) is 5.76 Å². The summed E-state index contributed by atoms with van der Waals surface area (Å²) < 4.78 is 6.80. The average Bonchev–Trinajstić information content (AvgIpc) is 3.37. The van der Waals surface area contributed by atoms with Gasteiger partial charge < -0.3 is 4.42 Å². The molecule has 25 heavy (non-hydrogen) atoms. The van der Waals surface area contributed by atoms with E-state index in [9.17, 15) is 9.59 Å². The molecule has 7 nitrogen and oxygen atoms in total. The number of aromatic nitrogens is 2. The van der Waals surface area contributed by atoms with Crippen molar-refractivity contribution in [1.82, 2.24) is 20.6 Å². The molecule has 126 valence electrons. The number of fused-ring (bicyclic) bond motifs is 1. The van der Waals surface area contributed by atoms with Crippen LogP contribution in [0, 0.1) is 0 Å². The number of nitrogens with zero attached hydrogens (tertiary/aromatic N) is 2. The van der Waals surface area contributed by atoms with Crippen LogP contribution in [0.3, 0.4) is 0 Å². The molecule has 1 aliphatic carbocycles. The summed E-state index contributed by atoms with van der Waals surface area (Å²) >= 11 is 0. The van der Waals surface area contributed by atoms with E-state index >= 15 is 0 Å². The van der Waals surface area contributed by atoms with Crippen LogP contribution in [0.15, 0.2) is 53.1 Å². The summed E-state index contributed by atoms with van der Waals surface area (Å²) in [5, 5.41) is 4.47. The molecule has 2 aromatic heterocycles. The summed E-state index contributed by atoms with van der Waals surface area (Å²) in [6.07, 6.45) is 4.06. The second-order valence-corrected chi connectivity index (χ2v) is 5.76. The maximum atomic E-state index is 12.5. The maximum Gasteiger partial charge on any atom is 0.305 e. The maximum absolute atomic E-state index is 12.5. The second-order valence-electron chi connectivity index (χ2n) is 5.76. The van der Waals surface area contributed by atoms with Crippen LogP contribution < -0.4 is 10.9 Å². The van der Waals surface area contributed by atoms with Gasteiger partial charge in [0.1, 0.15) is 0 Å². The van der Waals surface area contributed by atoms with E-state index in [2.05, 4.69) is 16.0 Å². The highest BCUT2D eigenvalue weighted by Gasteiger charge is 2.27. The Morgan fingerprint density at radius 3 is 2.56 bits per heavy atom. The lowest BCUT2D eigenvalue weighted by molar-refractivity contribution is 0.0828. The van der Waals surface area contributed by atoms with Gasteiger partial charge in [-0.15, -0.1) is 0 Å². The van der Waals surface area contributed by atoms with E-state index in [1.807, 2.05) is 35.0 Å². The predicted molar refractivity (Wildman–Crippen MR) is 89.2 cm³/mol. The average molecular weight is 336 g/mol. The number of rotatable bonds is 3. The monoisotopic (exact) mass is 336 g/mol. The molecular weight excluding hydrogens is 320 g/mol. The van der Waals surface area contributed by atoms with Crippen molar-refractivity contribution in [2.45, 2.75) is 19.3 Å². The third-order valence-corrected chi connectivity index (χ3v) is 4.18. The van der Waals surface area contributed by atoms with Crippen LogP contribution in [0.1, 0.15) is 38.7 Å². The fourth-order valence-corrected chi connectivity index (χ4v) is 3.04. The quantitative estimate of drug-likeness (QED) is 0.716. The molecule has 1 aromatic carbocycles. The van der Waals surface area contributed by atoms with Gasteiger partial charge in [-0.05, 0) is 43.5 Å². The number of benzene rings is 1. The molecule has 0 unspecified atom stereocenters. The zero-order valence-corrected chi connectivity index (χ0v) is 13.4. The molecule has 1 aliphatic rings. The molecule has 0 bridgehead atoms. The zero-order chi connectivity index (χ0) is 17.2. The highest BCUT2D eigenvalue weighted by atomic mass is 16.3. The summed E-state index contributed by atoms with van der Waals surface area (Å²) in [5.74, 6) is -0.828. The van der Waals surface area contributed by atoms with E-state index in [0.29, 0.717) is 5.69 Å². The number of carbonyl (C=O) groups excluding carboxylic acids is 2. The fourth-order valence-electron chi connectivity index (χ4n) is 3.04. The summed E-state index contributed by atoms with van der Waals surface area (Å²) in [5.41, 5.74) is 8.00.